The van der Waals surface area contributed by atoms with E-state index in [1.165, 1.54) is 276 Å². The molecule has 0 fully saturated rings. The fraction of sp³-hybridized carbons (Fsp3) is 0.881. The van der Waals surface area contributed by atoms with Gasteiger partial charge in [-0.25, -0.2) is 0 Å². The van der Waals surface area contributed by atoms with Crippen molar-refractivity contribution < 1.29 is 24.5 Å². The number of esters is 1. The van der Waals surface area contributed by atoms with Gasteiger partial charge in [-0.3, -0.25) is 9.59 Å². The molecule has 0 aromatic rings. The van der Waals surface area contributed by atoms with Crippen LogP contribution in [0.15, 0.2) is 36.5 Å². The number of hydrogen-bond donors (Lipinski definition) is 3. The number of aliphatic hydroxyl groups is 2. The van der Waals surface area contributed by atoms with Crippen LogP contribution in [0.4, 0.5) is 0 Å². The molecule has 6 nitrogen and oxygen atoms in total. The summed E-state index contributed by atoms with van der Waals surface area (Å²) in [7, 11) is 0. The number of allylic oxidation sites excluding steroid dienone is 5. The maximum absolute atomic E-state index is 12.5. The number of nitrogens with one attached hydrogen (secondary N) is 1. The van der Waals surface area contributed by atoms with Crippen molar-refractivity contribution in [1.82, 2.24) is 5.32 Å². The summed E-state index contributed by atoms with van der Waals surface area (Å²) in [5.41, 5.74) is 0. The third-order valence-corrected chi connectivity index (χ3v) is 15.1. The number of unbranched alkanes of at least 4 members (excludes halogenated alkanes) is 46. The van der Waals surface area contributed by atoms with Crippen LogP contribution in [0.3, 0.4) is 0 Å². The number of hydrogen-bond acceptors (Lipinski definition) is 5. The zero-order chi connectivity index (χ0) is 52.9. The van der Waals surface area contributed by atoms with E-state index in [1.807, 2.05) is 6.08 Å². The Morgan fingerprint density at radius 3 is 0.986 bits per heavy atom. The summed E-state index contributed by atoms with van der Waals surface area (Å²) in [6.07, 6.45) is 79.1. The van der Waals surface area contributed by atoms with Gasteiger partial charge in [-0.2, -0.15) is 0 Å². The van der Waals surface area contributed by atoms with Crippen LogP contribution in [-0.4, -0.2) is 47.4 Å². The Morgan fingerprint density at radius 1 is 0.370 bits per heavy atom. The molecule has 73 heavy (non-hydrogen) atoms. The molecule has 1 amide bonds. The van der Waals surface area contributed by atoms with Crippen molar-refractivity contribution in [2.24, 2.45) is 0 Å². The van der Waals surface area contributed by atoms with Crippen LogP contribution in [0, 0.1) is 0 Å². The highest BCUT2D eigenvalue weighted by Crippen LogP contribution is 2.17. The SMILES string of the molecule is CCCCCC/C=C\CCCCCCCC(=O)OCCCCCCCCCCC/C=C\CCCCCCCCCC(=O)NC(CO)C(O)/C=C/CCCCCCCCCCCCCCCCCCCCCCC. The van der Waals surface area contributed by atoms with Crippen LogP contribution in [0.5, 0.6) is 0 Å². The first-order valence-electron chi connectivity index (χ1n) is 32.8. The lowest BCUT2D eigenvalue weighted by molar-refractivity contribution is -0.143. The fourth-order valence-corrected chi connectivity index (χ4v) is 10.1. The molecule has 2 atom stereocenters. The lowest BCUT2D eigenvalue weighted by Crippen LogP contribution is -2.45. The Balaban J connectivity index is 3.47. The minimum absolute atomic E-state index is 0.00342. The molecule has 0 aromatic carbocycles. The second kappa shape index (κ2) is 62.6. The van der Waals surface area contributed by atoms with Gasteiger partial charge in [0.1, 0.15) is 0 Å². The van der Waals surface area contributed by atoms with Gasteiger partial charge in [-0.1, -0.05) is 294 Å². The standard InChI is InChI=1S/C67H127NO5/c1-3-5-7-9-11-13-15-17-18-19-20-21-22-23-26-29-32-36-39-43-47-51-55-59-65(70)64(63-69)68-66(71)60-56-52-48-44-40-37-33-30-27-24-25-28-31-34-38-42-46-50-54-58-62-73-67(72)61-57-53-49-45-41-35-16-14-12-10-8-6-4-2/h14,16,24,27,55,59,64-65,69-70H,3-13,15,17-23,25-26,28-54,56-58,60-63H2,1-2H3,(H,68,71)/b16-14-,27-24-,59-55+. The summed E-state index contributed by atoms with van der Waals surface area (Å²) in [6, 6.07) is -0.636. The maximum atomic E-state index is 12.5. The third-order valence-electron chi connectivity index (χ3n) is 15.1. The highest BCUT2D eigenvalue weighted by molar-refractivity contribution is 5.76. The van der Waals surface area contributed by atoms with Crippen LogP contribution >= 0.6 is 0 Å². The zero-order valence-corrected chi connectivity index (χ0v) is 49.1. The number of rotatable bonds is 61. The molecule has 0 aromatic heterocycles. The molecular formula is C67H127NO5. The van der Waals surface area contributed by atoms with Crippen molar-refractivity contribution in [3.05, 3.63) is 36.5 Å². The van der Waals surface area contributed by atoms with Gasteiger partial charge in [0.25, 0.3) is 0 Å². The predicted octanol–water partition coefficient (Wildman–Crippen LogP) is 20.8. The summed E-state index contributed by atoms with van der Waals surface area (Å²) in [6.45, 7) is 4.90. The van der Waals surface area contributed by atoms with Crippen molar-refractivity contribution in [2.75, 3.05) is 13.2 Å². The first-order chi connectivity index (χ1) is 36.0. The van der Waals surface area contributed by atoms with Gasteiger partial charge in [-0.05, 0) is 83.5 Å². The van der Waals surface area contributed by atoms with E-state index >= 15 is 0 Å². The maximum Gasteiger partial charge on any atom is 0.305 e. The number of amides is 1. The van der Waals surface area contributed by atoms with Gasteiger partial charge in [0.2, 0.25) is 5.91 Å². The van der Waals surface area contributed by atoms with Crippen LogP contribution in [0.2, 0.25) is 0 Å². The Bertz CT molecular complexity index is 1180. The molecule has 0 bridgehead atoms. The molecule has 0 radical (unpaired) electrons. The first kappa shape index (κ1) is 71.1. The topological polar surface area (TPSA) is 95.9 Å². The number of carbonyl (C=O) groups excluding carboxylic acids is 2. The predicted molar refractivity (Wildman–Crippen MR) is 319 cm³/mol. The lowest BCUT2D eigenvalue weighted by atomic mass is 10.0. The summed E-state index contributed by atoms with van der Waals surface area (Å²) in [4.78, 5) is 24.5. The second-order valence-electron chi connectivity index (χ2n) is 22.4. The van der Waals surface area contributed by atoms with Crippen LogP contribution < -0.4 is 5.32 Å². The minimum Gasteiger partial charge on any atom is -0.466 e. The van der Waals surface area contributed by atoms with E-state index in [1.54, 1.807) is 6.08 Å². The van der Waals surface area contributed by atoms with Crippen molar-refractivity contribution in [1.29, 1.82) is 0 Å². The van der Waals surface area contributed by atoms with Gasteiger partial charge in [0.15, 0.2) is 0 Å². The van der Waals surface area contributed by atoms with E-state index in [9.17, 15) is 19.8 Å². The van der Waals surface area contributed by atoms with E-state index in [0.717, 1.165) is 51.4 Å². The Hall–Kier alpha value is -1.92. The smallest absolute Gasteiger partial charge is 0.305 e. The van der Waals surface area contributed by atoms with Gasteiger partial charge in [-0.15, -0.1) is 0 Å². The average molecular weight is 1030 g/mol. The fourth-order valence-electron chi connectivity index (χ4n) is 10.1. The molecule has 0 aliphatic heterocycles. The van der Waals surface area contributed by atoms with E-state index < -0.39 is 12.1 Å². The first-order valence-corrected chi connectivity index (χ1v) is 32.8. The molecule has 0 aliphatic rings. The molecule has 6 heteroatoms. The molecule has 0 saturated carbocycles. The van der Waals surface area contributed by atoms with E-state index in [-0.39, 0.29) is 18.5 Å². The summed E-state index contributed by atoms with van der Waals surface area (Å²) in [5, 5.41) is 23.2. The number of ether oxygens (including phenoxy) is 1. The molecule has 0 spiro atoms. The monoisotopic (exact) mass is 1030 g/mol. The molecule has 3 N–H and O–H groups in total. The summed E-state index contributed by atoms with van der Waals surface area (Å²) in [5.74, 6) is -0.0771. The quantitative estimate of drug-likeness (QED) is 0.0320. The lowest BCUT2D eigenvalue weighted by Gasteiger charge is -2.20. The molecule has 2 unspecified atom stereocenters. The van der Waals surface area contributed by atoms with Crippen LogP contribution in [0.25, 0.3) is 0 Å². The Labute approximate surface area is 455 Å². The summed E-state index contributed by atoms with van der Waals surface area (Å²) < 4.78 is 5.47. The Morgan fingerprint density at radius 2 is 0.644 bits per heavy atom. The zero-order valence-electron chi connectivity index (χ0n) is 49.1. The van der Waals surface area contributed by atoms with Gasteiger partial charge in [0.05, 0.1) is 25.4 Å². The molecular weight excluding hydrogens is 899 g/mol. The molecule has 0 heterocycles. The Kier molecular flexibility index (Phi) is 61.0. The highest BCUT2D eigenvalue weighted by Gasteiger charge is 2.18. The van der Waals surface area contributed by atoms with Crippen molar-refractivity contribution in [3.63, 3.8) is 0 Å². The molecule has 0 saturated heterocycles. The van der Waals surface area contributed by atoms with Crippen LogP contribution in [-0.2, 0) is 14.3 Å². The summed E-state index contributed by atoms with van der Waals surface area (Å²) >= 11 is 0. The normalized spacial score (nSPS) is 12.8. The molecule has 0 rings (SSSR count). The highest BCUT2D eigenvalue weighted by atomic mass is 16.5. The van der Waals surface area contributed by atoms with Crippen molar-refractivity contribution in [2.45, 2.75) is 366 Å². The van der Waals surface area contributed by atoms with Crippen molar-refractivity contribution >= 4 is 11.9 Å². The van der Waals surface area contributed by atoms with Gasteiger partial charge < -0.3 is 20.3 Å². The van der Waals surface area contributed by atoms with Gasteiger partial charge >= 0.3 is 5.97 Å². The largest absolute Gasteiger partial charge is 0.466 e. The van der Waals surface area contributed by atoms with E-state index in [4.69, 9.17) is 4.74 Å². The third kappa shape index (κ3) is 59.2. The van der Waals surface area contributed by atoms with Gasteiger partial charge in [0, 0.05) is 12.8 Å². The minimum atomic E-state index is -0.852. The number of carbonyl (C=O) groups is 2. The second-order valence-corrected chi connectivity index (χ2v) is 22.4. The molecule has 0 aliphatic carbocycles. The van der Waals surface area contributed by atoms with E-state index in [0.29, 0.717) is 19.4 Å². The van der Waals surface area contributed by atoms with Crippen molar-refractivity contribution in [3.8, 4) is 0 Å². The average Bonchev–Trinajstić information content (AvgIpc) is 3.39. The molecule has 430 valence electrons. The van der Waals surface area contributed by atoms with Crippen LogP contribution in [0.1, 0.15) is 354 Å². The van der Waals surface area contributed by atoms with E-state index in [2.05, 4.69) is 43.5 Å². The number of aliphatic hydroxyl groups excluding tert-OH is 2.